The van der Waals surface area contributed by atoms with E-state index in [-0.39, 0.29) is 19.1 Å². The molecule has 28 heavy (non-hydrogen) atoms. The number of nitrogens with zero attached hydrogens (tertiary/aromatic N) is 1. The third kappa shape index (κ3) is 5.33. The second kappa shape index (κ2) is 9.71. The SMILES string of the molecule is O=C(O)CC(CCC1CCCCC1)C(=O)N1C(=O)OC[C@@H]1Cc1ccccc1. The molecule has 1 aromatic carbocycles. The first-order chi connectivity index (χ1) is 13.5. The van der Waals surface area contributed by atoms with E-state index in [2.05, 4.69) is 0 Å². The molecule has 6 nitrogen and oxygen atoms in total. The number of carboxylic acid groups (broad SMARTS) is 1. The van der Waals surface area contributed by atoms with Gasteiger partial charge >= 0.3 is 12.1 Å². The van der Waals surface area contributed by atoms with E-state index in [1.165, 1.54) is 24.2 Å². The highest BCUT2D eigenvalue weighted by Crippen LogP contribution is 2.31. The second-order valence-electron chi connectivity index (χ2n) is 8.00. The van der Waals surface area contributed by atoms with Gasteiger partial charge in [0.05, 0.1) is 12.5 Å². The minimum atomic E-state index is -1.01. The molecule has 1 saturated carbocycles. The number of cyclic esters (lactones) is 1. The number of benzene rings is 1. The van der Waals surface area contributed by atoms with Crippen molar-refractivity contribution >= 4 is 18.0 Å². The Hall–Kier alpha value is -2.37. The van der Waals surface area contributed by atoms with Crippen LogP contribution >= 0.6 is 0 Å². The molecule has 6 heteroatoms. The van der Waals surface area contributed by atoms with Crippen molar-refractivity contribution in [2.75, 3.05) is 6.61 Å². The van der Waals surface area contributed by atoms with Crippen LogP contribution in [0.3, 0.4) is 0 Å². The molecular formula is C22H29NO5. The number of aliphatic carboxylic acids is 1. The van der Waals surface area contributed by atoms with Gasteiger partial charge in [0.25, 0.3) is 0 Å². The predicted octanol–water partition coefficient (Wildman–Crippen LogP) is 4.03. The van der Waals surface area contributed by atoms with Crippen LogP contribution in [-0.2, 0) is 20.7 Å². The average molecular weight is 387 g/mol. The number of hydrogen-bond acceptors (Lipinski definition) is 4. The molecule has 1 aliphatic carbocycles. The third-order valence-corrected chi connectivity index (χ3v) is 5.93. The molecular weight excluding hydrogens is 358 g/mol. The molecule has 1 heterocycles. The predicted molar refractivity (Wildman–Crippen MR) is 104 cm³/mol. The van der Waals surface area contributed by atoms with Crippen LogP contribution in [0.25, 0.3) is 0 Å². The van der Waals surface area contributed by atoms with Gasteiger partial charge in [0.15, 0.2) is 0 Å². The monoisotopic (exact) mass is 387 g/mol. The molecule has 0 aromatic heterocycles. The van der Waals surface area contributed by atoms with Crippen molar-refractivity contribution in [1.29, 1.82) is 0 Å². The topological polar surface area (TPSA) is 83.9 Å². The zero-order chi connectivity index (χ0) is 19.9. The van der Waals surface area contributed by atoms with Crippen LogP contribution in [0.1, 0.15) is 56.9 Å². The number of hydrogen-bond donors (Lipinski definition) is 1. The van der Waals surface area contributed by atoms with Gasteiger partial charge in [0, 0.05) is 5.92 Å². The van der Waals surface area contributed by atoms with Gasteiger partial charge in [0.1, 0.15) is 6.61 Å². The summed E-state index contributed by atoms with van der Waals surface area (Å²) < 4.78 is 5.14. The van der Waals surface area contributed by atoms with Crippen LogP contribution in [0, 0.1) is 11.8 Å². The van der Waals surface area contributed by atoms with Gasteiger partial charge < -0.3 is 9.84 Å². The Morgan fingerprint density at radius 3 is 2.54 bits per heavy atom. The summed E-state index contributed by atoms with van der Waals surface area (Å²) in [5, 5.41) is 9.29. The molecule has 2 aliphatic rings. The lowest BCUT2D eigenvalue weighted by Gasteiger charge is -2.26. The molecule has 1 aromatic rings. The molecule has 2 amide bonds. The molecule has 2 fully saturated rings. The van der Waals surface area contributed by atoms with Gasteiger partial charge in [-0.25, -0.2) is 9.69 Å². The van der Waals surface area contributed by atoms with Gasteiger partial charge in [0.2, 0.25) is 5.91 Å². The maximum atomic E-state index is 13.1. The lowest BCUT2D eigenvalue weighted by molar-refractivity contribution is -0.144. The van der Waals surface area contributed by atoms with E-state index in [0.29, 0.717) is 18.8 Å². The van der Waals surface area contributed by atoms with Crippen LogP contribution in [0.15, 0.2) is 30.3 Å². The Balaban J connectivity index is 1.67. The standard InChI is InChI=1S/C22H29NO5/c24-20(25)14-18(12-11-16-7-3-1-4-8-16)21(26)23-19(15-28-22(23)27)13-17-9-5-2-6-10-17/h2,5-6,9-10,16,18-19H,1,3-4,7-8,11-15H2,(H,24,25)/t18?,19-/m0/s1. The van der Waals surface area contributed by atoms with E-state index in [4.69, 9.17) is 4.74 Å². The van der Waals surface area contributed by atoms with Crippen molar-refractivity contribution in [3.63, 3.8) is 0 Å². The third-order valence-electron chi connectivity index (χ3n) is 5.93. The Morgan fingerprint density at radius 2 is 1.86 bits per heavy atom. The lowest BCUT2D eigenvalue weighted by atomic mass is 9.83. The fourth-order valence-corrected chi connectivity index (χ4v) is 4.40. The fraction of sp³-hybridized carbons (Fsp3) is 0.591. The molecule has 1 aliphatic heterocycles. The average Bonchev–Trinajstić information content (AvgIpc) is 3.06. The number of rotatable bonds is 8. The first-order valence-electron chi connectivity index (χ1n) is 10.3. The first kappa shape index (κ1) is 20.4. The highest BCUT2D eigenvalue weighted by atomic mass is 16.6. The molecule has 2 atom stereocenters. The van der Waals surface area contributed by atoms with Crippen molar-refractivity contribution in [3.05, 3.63) is 35.9 Å². The summed E-state index contributed by atoms with van der Waals surface area (Å²) in [5.74, 6) is -1.53. The van der Waals surface area contributed by atoms with Gasteiger partial charge in [-0.05, 0) is 30.7 Å². The Bertz CT molecular complexity index is 683. The zero-order valence-electron chi connectivity index (χ0n) is 16.2. The molecule has 1 unspecified atom stereocenters. The highest BCUT2D eigenvalue weighted by Gasteiger charge is 2.41. The number of carbonyl (C=O) groups excluding carboxylic acids is 2. The number of carboxylic acids is 1. The van der Waals surface area contributed by atoms with E-state index in [1.54, 1.807) is 0 Å². The van der Waals surface area contributed by atoms with E-state index in [9.17, 15) is 19.5 Å². The van der Waals surface area contributed by atoms with Crippen LogP contribution in [0.4, 0.5) is 4.79 Å². The minimum absolute atomic E-state index is 0.155. The summed E-state index contributed by atoms with van der Waals surface area (Å²) in [6.45, 7) is 0.155. The van der Waals surface area contributed by atoms with Crippen LogP contribution in [0.2, 0.25) is 0 Å². The summed E-state index contributed by atoms with van der Waals surface area (Å²) in [6, 6.07) is 9.25. The first-order valence-corrected chi connectivity index (χ1v) is 10.3. The van der Waals surface area contributed by atoms with Crippen molar-refractivity contribution in [2.24, 2.45) is 11.8 Å². The van der Waals surface area contributed by atoms with Crippen molar-refractivity contribution in [2.45, 2.75) is 63.8 Å². The van der Waals surface area contributed by atoms with Crippen molar-refractivity contribution in [3.8, 4) is 0 Å². The number of imide groups is 1. The summed E-state index contributed by atoms with van der Waals surface area (Å²) in [6.07, 6.45) is 6.95. The van der Waals surface area contributed by atoms with E-state index in [0.717, 1.165) is 24.8 Å². The van der Waals surface area contributed by atoms with Crippen LogP contribution < -0.4 is 0 Å². The number of amides is 2. The number of carbonyl (C=O) groups is 3. The Labute approximate surface area is 165 Å². The molecule has 1 N–H and O–H groups in total. The summed E-state index contributed by atoms with van der Waals surface area (Å²) in [4.78, 5) is 37.9. The summed E-state index contributed by atoms with van der Waals surface area (Å²) in [5.41, 5.74) is 1.01. The van der Waals surface area contributed by atoms with Crippen molar-refractivity contribution in [1.82, 2.24) is 4.90 Å². The maximum Gasteiger partial charge on any atom is 0.416 e. The molecule has 3 rings (SSSR count). The normalized spacial score (nSPS) is 21.4. The molecule has 1 saturated heterocycles. The Kier molecular flexibility index (Phi) is 7.06. The van der Waals surface area contributed by atoms with Gasteiger partial charge in [-0.3, -0.25) is 9.59 Å². The van der Waals surface area contributed by atoms with E-state index < -0.39 is 23.9 Å². The molecule has 152 valence electrons. The maximum absolute atomic E-state index is 13.1. The molecule has 0 radical (unpaired) electrons. The minimum Gasteiger partial charge on any atom is -0.481 e. The molecule has 0 spiro atoms. The van der Waals surface area contributed by atoms with Crippen LogP contribution in [-0.4, -0.2) is 40.6 Å². The van der Waals surface area contributed by atoms with Crippen molar-refractivity contribution < 1.29 is 24.2 Å². The van der Waals surface area contributed by atoms with Gasteiger partial charge in [-0.15, -0.1) is 0 Å². The smallest absolute Gasteiger partial charge is 0.416 e. The van der Waals surface area contributed by atoms with Gasteiger partial charge in [-0.2, -0.15) is 0 Å². The summed E-state index contributed by atoms with van der Waals surface area (Å²) >= 11 is 0. The van der Waals surface area contributed by atoms with E-state index in [1.807, 2.05) is 30.3 Å². The summed E-state index contributed by atoms with van der Waals surface area (Å²) in [7, 11) is 0. The zero-order valence-corrected chi connectivity index (χ0v) is 16.2. The van der Waals surface area contributed by atoms with Crippen LogP contribution in [0.5, 0.6) is 0 Å². The lowest BCUT2D eigenvalue weighted by Crippen LogP contribution is -2.44. The fourth-order valence-electron chi connectivity index (χ4n) is 4.40. The number of ether oxygens (including phenoxy) is 1. The molecule has 0 bridgehead atoms. The highest BCUT2D eigenvalue weighted by molar-refractivity contribution is 5.96. The Morgan fingerprint density at radius 1 is 1.14 bits per heavy atom. The largest absolute Gasteiger partial charge is 0.481 e. The quantitative estimate of drug-likeness (QED) is 0.728. The second-order valence-corrected chi connectivity index (χ2v) is 8.00. The van der Waals surface area contributed by atoms with Gasteiger partial charge in [-0.1, -0.05) is 62.4 Å². The van der Waals surface area contributed by atoms with E-state index >= 15 is 0 Å².